The number of fused-ring (bicyclic) bond motifs is 1. The van der Waals surface area contributed by atoms with E-state index in [1.165, 1.54) is 9.47 Å². The van der Waals surface area contributed by atoms with Crippen molar-refractivity contribution in [2.75, 3.05) is 23.7 Å². The number of likely N-dealkylation sites (tertiary alicyclic amines) is 1. The van der Waals surface area contributed by atoms with Gasteiger partial charge in [-0.3, -0.25) is 33.6 Å². The van der Waals surface area contributed by atoms with E-state index in [1.807, 2.05) is 20.8 Å². The Hall–Kier alpha value is -2.91. The number of hydrogen-bond donors (Lipinski definition) is 2. The van der Waals surface area contributed by atoms with Crippen molar-refractivity contribution < 1.29 is 14.4 Å². The molecule has 3 rings (SSSR count). The number of carbonyl (C=O) groups is 3. The summed E-state index contributed by atoms with van der Waals surface area (Å²) in [6.07, 6.45) is 4.60. The van der Waals surface area contributed by atoms with Gasteiger partial charge in [-0.05, 0) is 25.2 Å². The number of nitrogens with zero attached hydrogens (tertiary/aromatic N) is 3. The molecule has 10 heteroatoms. The summed E-state index contributed by atoms with van der Waals surface area (Å²) < 4.78 is 1.25. The molecular formula is C22H33N5O5. The van der Waals surface area contributed by atoms with Gasteiger partial charge in [0.2, 0.25) is 17.7 Å². The van der Waals surface area contributed by atoms with Crippen molar-refractivity contribution in [3.05, 3.63) is 20.8 Å². The zero-order chi connectivity index (χ0) is 23.6. The van der Waals surface area contributed by atoms with Gasteiger partial charge in [0.25, 0.3) is 5.56 Å². The zero-order valence-electron chi connectivity index (χ0n) is 19.1. The second kappa shape index (κ2) is 9.70. The maximum absolute atomic E-state index is 13.3. The van der Waals surface area contributed by atoms with Gasteiger partial charge in [0.1, 0.15) is 12.4 Å². The largest absolute Gasteiger partial charge is 0.383 e. The quantitative estimate of drug-likeness (QED) is 0.572. The standard InChI is InChI=1S/C22H33N5O5/c1-4-5-10-25-18(23)17(19(29)24-22(25)32)26(11-13(2)3)16(28)12-27-20(30)14-8-6-7-9-15(14)21(27)31/h13-15H,4-12,23H2,1-3H3,(H,24,29,32)/t14-,15-/m1/s1. The van der Waals surface area contributed by atoms with Crippen molar-refractivity contribution in [2.24, 2.45) is 17.8 Å². The number of imide groups is 1. The van der Waals surface area contributed by atoms with Gasteiger partial charge in [-0.2, -0.15) is 0 Å². The number of carbonyl (C=O) groups excluding carboxylic acids is 3. The third-order valence-electron chi connectivity index (χ3n) is 6.29. The molecule has 0 unspecified atom stereocenters. The third-order valence-corrected chi connectivity index (χ3v) is 6.29. The maximum atomic E-state index is 13.3. The monoisotopic (exact) mass is 447 g/mol. The molecule has 1 saturated heterocycles. The Morgan fingerprint density at radius 2 is 1.72 bits per heavy atom. The van der Waals surface area contributed by atoms with Gasteiger partial charge in [-0.15, -0.1) is 0 Å². The van der Waals surface area contributed by atoms with E-state index in [4.69, 9.17) is 5.73 Å². The smallest absolute Gasteiger partial charge is 0.330 e. The van der Waals surface area contributed by atoms with Crippen LogP contribution < -0.4 is 21.9 Å². The fourth-order valence-corrected chi connectivity index (χ4v) is 4.67. The van der Waals surface area contributed by atoms with E-state index < -0.39 is 23.7 Å². The second-order valence-electron chi connectivity index (χ2n) is 9.16. The van der Waals surface area contributed by atoms with Gasteiger partial charge in [0.15, 0.2) is 5.69 Å². The highest BCUT2D eigenvalue weighted by Gasteiger charge is 2.49. The number of hydrogen-bond acceptors (Lipinski definition) is 6. The van der Waals surface area contributed by atoms with E-state index in [0.29, 0.717) is 25.8 Å². The van der Waals surface area contributed by atoms with Gasteiger partial charge in [0, 0.05) is 13.1 Å². The number of nitrogens with one attached hydrogen (secondary N) is 1. The summed E-state index contributed by atoms with van der Waals surface area (Å²) in [5, 5.41) is 0. The summed E-state index contributed by atoms with van der Waals surface area (Å²) in [4.78, 5) is 68.4. The molecule has 1 aromatic rings. The molecule has 32 heavy (non-hydrogen) atoms. The van der Waals surface area contributed by atoms with Crippen LogP contribution in [0.3, 0.4) is 0 Å². The van der Waals surface area contributed by atoms with E-state index in [0.717, 1.165) is 24.2 Å². The molecular weight excluding hydrogens is 414 g/mol. The van der Waals surface area contributed by atoms with E-state index in [1.54, 1.807) is 0 Å². The minimum Gasteiger partial charge on any atom is -0.383 e. The first-order valence-corrected chi connectivity index (χ1v) is 11.5. The number of amides is 3. The Labute approximate surface area is 186 Å². The van der Waals surface area contributed by atoms with Gasteiger partial charge >= 0.3 is 5.69 Å². The van der Waals surface area contributed by atoms with Crippen molar-refractivity contribution >= 4 is 29.2 Å². The summed E-state index contributed by atoms with van der Waals surface area (Å²) in [6, 6.07) is 0. The zero-order valence-corrected chi connectivity index (χ0v) is 19.1. The summed E-state index contributed by atoms with van der Waals surface area (Å²) in [7, 11) is 0. The van der Waals surface area contributed by atoms with Gasteiger partial charge in [0.05, 0.1) is 11.8 Å². The number of rotatable bonds is 8. The van der Waals surface area contributed by atoms with Crippen LogP contribution >= 0.6 is 0 Å². The fraction of sp³-hybridized carbons (Fsp3) is 0.682. The number of anilines is 2. The predicted molar refractivity (Wildman–Crippen MR) is 120 cm³/mol. The molecule has 1 saturated carbocycles. The number of nitrogen functional groups attached to an aromatic ring is 1. The van der Waals surface area contributed by atoms with Crippen LogP contribution in [0.5, 0.6) is 0 Å². The highest BCUT2D eigenvalue weighted by atomic mass is 16.2. The lowest BCUT2D eigenvalue weighted by Gasteiger charge is -2.27. The molecule has 1 aliphatic heterocycles. The normalized spacial score (nSPS) is 20.7. The Kier molecular flexibility index (Phi) is 7.20. The predicted octanol–water partition coefficient (Wildman–Crippen LogP) is 1.08. The molecule has 1 aliphatic carbocycles. The Bertz CT molecular complexity index is 987. The summed E-state index contributed by atoms with van der Waals surface area (Å²) >= 11 is 0. The molecule has 0 spiro atoms. The highest BCUT2D eigenvalue weighted by molar-refractivity contribution is 6.09. The lowest BCUT2D eigenvalue weighted by atomic mass is 9.81. The summed E-state index contributed by atoms with van der Waals surface area (Å²) in [5.74, 6) is -2.02. The highest BCUT2D eigenvalue weighted by Crippen LogP contribution is 2.38. The van der Waals surface area contributed by atoms with Crippen LogP contribution in [0, 0.1) is 17.8 Å². The van der Waals surface area contributed by atoms with Crippen LogP contribution in [0.15, 0.2) is 9.59 Å². The van der Waals surface area contributed by atoms with E-state index in [-0.39, 0.29) is 47.6 Å². The molecule has 0 aromatic carbocycles. The van der Waals surface area contributed by atoms with E-state index >= 15 is 0 Å². The second-order valence-corrected chi connectivity index (χ2v) is 9.16. The molecule has 1 aromatic heterocycles. The fourth-order valence-electron chi connectivity index (χ4n) is 4.67. The minimum atomic E-state index is -0.762. The van der Waals surface area contributed by atoms with Crippen LogP contribution in [-0.2, 0) is 20.9 Å². The van der Waals surface area contributed by atoms with Crippen molar-refractivity contribution in [1.29, 1.82) is 0 Å². The number of aromatic nitrogens is 2. The topological polar surface area (TPSA) is 139 Å². The molecule has 2 aliphatic rings. The minimum absolute atomic E-state index is 0.0265. The first-order chi connectivity index (χ1) is 15.2. The molecule has 176 valence electrons. The van der Waals surface area contributed by atoms with E-state index in [9.17, 15) is 24.0 Å². The Morgan fingerprint density at radius 3 is 2.25 bits per heavy atom. The van der Waals surface area contributed by atoms with E-state index in [2.05, 4.69) is 4.98 Å². The molecule has 3 N–H and O–H groups in total. The number of nitrogens with two attached hydrogens (primary N) is 1. The van der Waals surface area contributed by atoms with Gasteiger partial charge in [-0.25, -0.2) is 4.79 Å². The number of unbranched alkanes of at least 4 members (excludes halogenated alkanes) is 1. The van der Waals surface area contributed by atoms with Crippen LogP contribution in [0.1, 0.15) is 59.3 Å². The van der Waals surface area contributed by atoms with Crippen LogP contribution in [0.4, 0.5) is 11.5 Å². The first kappa shape index (κ1) is 23.7. The van der Waals surface area contributed by atoms with Crippen molar-refractivity contribution in [1.82, 2.24) is 14.5 Å². The number of H-pyrrole nitrogens is 1. The lowest BCUT2D eigenvalue weighted by molar-refractivity contribution is -0.143. The summed E-state index contributed by atoms with van der Waals surface area (Å²) in [5.41, 5.74) is 4.69. The number of aromatic amines is 1. The Morgan fingerprint density at radius 1 is 1.12 bits per heavy atom. The molecule has 2 heterocycles. The molecule has 0 bridgehead atoms. The Balaban J connectivity index is 1.94. The molecule has 2 fully saturated rings. The van der Waals surface area contributed by atoms with Gasteiger partial charge < -0.3 is 10.6 Å². The molecule has 0 radical (unpaired) electrons. The van der Waals surface area contributed by atoms with Crippen LogP contribution in [0.2, 0.25) is 0 Å². The molecule has 10 nitrogen and oxygen atoms in total. The van der Waals surface area contributed by atoms with Crippen molar-refractivity contribution in [3.63, 3.8) is 0 Å². The van der Waals surface area contributed by atoms with Crippen LogP contribution in [-0.4, -0.2) is 45.3 Å². The van der Waals surface area contributed by atoms with Crippen LogP contribution in [0.25, 0.3) is 0 Å². The molecule has 2 atom stereocenters. The van der Waals surface area contributed by atoms with Crippen molar-refractivity contribution in [3.8, 4) is 0 Å². The third kappa shape index (κ3) is 4.49. The SMILES string of the molecule is CCCCn1c(N)c(N(CC(C)C)C(=O)CN2C(=O)[C@@H]3CCCC[C@H]3C2=O)c(=O)[nH]c1=O. The maximum Gasteiger partial charge on any atom is 0.330 e. The van der Waals surface area contributed by atoms with Gasteiger partial charge in [-0.1, -0.05) is 40.0 Å². The molecule has 3 amide bonds. The van der Waals surface area contributed by atoms with Crippen molar-refractivity contribution in [2.45, 2.75) is 65.8 Å². The average molecular weight is 448 g/mol. The average Bonchev–Trinajstić information content (AvgIpc) is 2.97. The first-order valence-electron chi connectivity index (χ1n) is 11.5. The summed E-state index contributed by atoms with van der Waals surface area (Å²) in [6.45, 7) is 5.73. The lowest BCUT2D eigenvalue weighted by Crippen LogP contribution is -2.47.